The maximum absolute atomic E-state index is 5.31. The Morgan fingerprint density at radius 1 is 1.44 bits per heavy atom. The number of aryl methyl sites for hydroxylation is 1. The second-order valence-electron chi connectivity index (χ2n) is 5.04. The molecule has 0 saturated heterocycles. The Bertz CT molecular complexity index is 631. The summed E-state index contributed by atoms with van der Waals surface area (Å²) in [5.41, 5.74) is 1.22. The van der Waals surface area contributed by atoms with Crippen LogP contribution in [-0.4, -0.2) is 19.7 Å². The molecule has 1 aliphatic carbocycles. The van der Waals surface area contributed by atoms with Crippen molar-refractivity contribution >= 4 is 23.6 Å². The zero-order valence-corrected chi connectivity index (χ0v) is 12.4. The summed E-state index contributed by atoms with van der Waals surface area (Å²) in [6, 6.07) is 0.306. The zero-order chi connectivity index (χ0) is 12.9. The summed E-state index contributed by atoms with van der Waals surface area (Å²) in [5.74, 6) is 1.58. The molecule has 1 N–H and O–H groups in total. The molecule has 2 aromatic heterocycles. The van der Waals surface area contributed by atoms with E-state index in [1.54, 1.807) is 11.3 Å². The number of nitrogens with zero attached hydrogens (tertiary/aromatic N) is 3. The summed E-state index contributed by atoms with van der Waals surface area (Å²) >= 11 is 7.03. The minimum absolute atomic E-state index is 0.306. The summed E-state index contributed by atoms with van der Waals surface area (Å²) in [5, 5.41) is 8.42. The second kappa shape index (κ2) is 4.28. The number of hydrogen-bond acceptors (Lipinski definition) is 4. The molecule has 0 aliphatic heterocycles. The van der Waals surface area contributed by atoms with Gasteiger partial charge in [0, 0.05) is 12.0 Å². The second-order valence-corrected chi connectivity index (χ2v) is 6.63. The van der Waals surface area contributed by atoms with Crippen LogP contribution < -0.4 is 0 Å². The van der Waals surface area contributed by atoms with Crippen LogP contribution >= 0.6 is 23.6 Å². The standard InChI is InChI=1S/C12H16N4S2/c1-6(2)16-11(14-15-12(16)17)10-9(8-4-5-8)13-7(3)18-10/h6,8H,4-5H2,1-3H3,(H,15,17). The van der Waals surface area contributed by atoms with Crippen LogP contribution in [0, 0.1) is 11.7 Å². The van der Waals surface area contributed by atoms with Crippen molar-refractivity contribution in [1.29, 1.82) is 0 Å². The third-order valence-corrected chi connectivity index (χ3v) is 4.42. The van der Waals surface area contributed by atoms with Crippen molar-refractivity contribution in [1.82, 2.24) is 19.7 Å². The minimum atomic E-state index is 0.306. The lowest BCUT2D eigenvalue weighted by Crippen LogP contribution is -2.03. The van der Waals surface area contributed by atoms with E-state index < -0.39 is 0 Å². The molecule has 18 heavy (non-hydrogen) atoms. The SMILES string of the molecule is Cc1nc(C2CC2)c(-c2n[nH]c(=S)n2C(C)C)s1. The molecular formula is C12H16N4S2. The molecular weight excluding hydrogens is 264 g/mol. The topological polar surface area (TPSA) is 46.5 Å². The summed E-state index contributed by atoms with van der Waals surface area (Å²) in [7, 11) is 0. The van der Waals surface area contributed by atoms with E-state index in [-0.39, 0.29) is 0 Å². The molecule has 0 unspecified atom stereocenters. The van der Waals surface area contributed by atoms with Crippen LogP contribution in [0.3, 0.4) is 0 Å². The zero-order valence-electron chi connectivity index (χ0n) is 10.7. The smallest absolute Gasteiger partial charge is 0.195 e. The van der Waals surface area contributed by atoms with Gasteiger partial charge in [-0.3, -0.25) is 9.67 Å². The molecule has 0 amide bonds. The van der Waals surface area contributed by atoms with Crippen molar-refractivity contribution in [3.63, 3.8) is 0 Å². The van der Waals surface area contributed by atoms with Crippen LogP contribution in [0.4, 0.5) is 0 Å². The van der Waals surface area contributed by atoms with E-state index in [1.807, 2.05) is 0 Å². The van der Waals surface area contributed by atoms with Gasteiger partial charge in [-0.25, -0.2) is 4.98 Å². The molecule has 0 atom stereocenters. The van der Waals surface area contributed by atoms with Crippen LogP contribution in [0.2, 0.25) is 0 Å². The first-order valence-corrected chi connectivity index (χ1v) is 7.45. The van der Waals surface area contributed by atoms with E-state index in [0.717, 1.165) is 10.8 Å². The van der Waals surface area contributed by atoms with Crippen molar-refractivity contribution in [3.05, 3.63) is 15.5 Å². The first-order chi connectivity index (χ1) is 8.58. The number of thiazole rings is 1. The van der Waals surface area contributed by atoms with Gasteiger partial charge in [-0.1, -0.05) is 0 Å². The fraction of sp³-hybridized carbons (Fsp3) is 0.583. The molecule has 0 aromatic carbocycles. The molecule has 6 heteroatoms. The predicted octanol–water partition coefficient (Wildman–Crippen LogP) is 3.83. The van der Waals surface area contributed by atoms with Gasteiger partial charge < -0.3 is 0 Å². The Hall–Kier alpha value is -1.01. The monoisotopic (exact) mass is 280 g/mol. The third-order valence-electron chi connectivity index (χ3n) is 3.15. The number of aromatic nitrogens is 4. The van der Waals surface area contributed by atoms with Crippen molar-refractivity contribution in [2.75, 3.05) is 0 Å². The van der Waals surface area contributed by atoms with Gasteiger partial charge in [0.2, 0.25) is 0 Å². The lowest BCUT2D eigenvalue weighted by Gasteiger charge is -2.09. The maximum Gasteiger partial charge on any atom is 0.195 e. The molecule has 1 fully saturated rings. The quantitative estimate of drug-likeness (QED) is 0.869. The third kappa shape index (κ3) is 1.93. The fourth-order valence-corrected chi connectivity index (χ4v) is 3.52. The summed E-state index contributed by atoms with van der Waals surface area (Å²) in [4.78, 5) is 5.87. The Morgan fingerprint density at radius 2 is 2.17 bits per heavy atom. The Labute approximate surface area is 115 Å². The number of nitrogens with one attached hydrogen (secondary N) is 1. The molecule has 1 saturated carbocycles. The average Bonchev–Trinajstić information content (AvgIpc) is 2.97. The largest absolute Gasteiger partial charge is 0.297 e. The van der Waals surface area contributed by atoms with Gasteiger partial charge in [-0.15, -0.1) is 11.3 Å². The lowest BCUT2D eigenvalue weighted by molar-refractivity contribution is 0.597. The Morgan fingerprint density at radius 3 is 2.78 bits per heavy atom. The van der Waals surface area contributed by atoms with Crippen molar-refractivity contribution in [2.45, 2.75) is 45.6 Å². The van der Waals surface area contributed by atoms with E-state index in [2.05, 4.69) is 40.5 Å². The predicted molar refractivity (Wildman–Crippen MR) is 75.6 cm³/mol. The van der Waals surface area contributed by atoms with Gasteiger partial charge in [-0.2, -0.15) is 5.10 Å². The van der Waals surface area contributed by atoms with Crippen LogP contribution in [0.5, 0.6) is 0 Å². The summed E-state index contributed by atoms with van der Waals surface area (Å²) in [6.45, 7) is 6.31. The van der Waals surface area contributed by atoms with Crippen LogP contribution in [0.25, 0.3) is 10.7 Å². The van der Waals surface area contributed by atoms with Gasteiger partial charge >= 0.3 is 0 Å². The van der Waals surface area contributed by atoms with Gasteiger partial charge in [0.15, 0.2) is 10.6 Å². The first-order valence-electron chi connectivity index (χ1n) is 6.22. The number of aromatic amines is 1. The van der Waals surface area contributed by atoms with E-state index in [1.165, 1.54) is 23.4 Å². The molecule has 3 rings (SSSR count). The molecule has 0 spiro atoms. The first kappa shape index (κ1) is 12.0. The van der Waals surface area contributed by atoms with E-state index in [0.29, 0.717) is 16.7 Å². The molecule has 0 bridgehead atoms. The Kier molecular flexibility index (Phi) is 2.86. The molecule has 1 aliphatic rings. The highest BCUT2D eigenvalue weighted by molar-refractivity contribution is 7.71. The maximum atomic E-state index is 5.31. The van der Waals surface area contributed by atoms with Crippen molar-refractivity contribution in [2.24, 2.45) is 0 Å². The fourth-order valence-electron chi connectivity index (χ4n) is 2.18. The summed E-state index contributed by atoms with van der Waals surface area (Å²) in [6.07, 6.45) is 2.51. The normalized spacial score (nSPS) is 15.6. The van der Waals surface area contributed by atoms with E-state index >= 15 is 0 Å². The van der Waals surface area contributed by atoms with Gasteiger partial charge in [0.1, 0.15) is 0 Å². The highest BCUT2D eigenvalue weighted by atomic mass is 32.1. The van der Waals surface area contributed by atoms with Crippen LogP contribution in [0.15, 0.2) is 0 Å². The molecule has 4 nitrogen and oxygen atoms in total. The lowest BCUT2D eigenvalue weighted by atomic mass is 10.2. The number of hydrogen-bond donors (Lipinski definition) is 1. The van der Waals surface area contributed by atoms with Crippen molar-refractivity contribution < 1.29 is 0 Å². The number of rotatable bonds is 3. The van der Waals surface area contributed by atoms with Gasteiger partial charge in [-0.05, 0) is 45.8 Å². The minimum Gasteiger partial charge on any atom is -0.297 e. The number of H-pyrrole nitrogens is 1. The van der Waals surface area contributed by atoms with Crippen LogP contribution in [-0.2, 0) is 0 Å². The molecule has 2 heterocycles. The highest BCUT2D eigenvalue weighted by Crippen LogP contribution is 2.45. The molecule has 2 aromatic rings. The molecule has 0 radical (unpaired) electrons. The molecule has 96 valence electrons. The van der Waals surface area contributed by atoms with E-state index in [4.69, 9.17) is 12.2 Å². The highest BCUT2D eigenvalue weighted by Gasteiger charge is 2.31. The summed E-state index contributed by atoms with van der Waals surface area (Å²) < 4.78 is 2.77. The van der Waals surface area contributed by atoms with Crippen LogP contribution in [0.1, 0.15) is 49.4 Å². The van der Waals surface area contributed by atoms with Gasteiger partial charge in [0.25, 0.3) is 0 Å². The van der Waals surface area contributed by atoms with E-state index in [9.17, 15) is 0 Å². The van der Waals surface area contributed by atoms with Crippen molar-refractivity contribution in [3.8, 4) is 10.7 Å². The Balaban J connectivity index is 2.18. The van der Waals surface area contributed by atoms with Gasteiger partial charge in [0.05, 0.1) is 15.6 Å². The average molecular weight is 280 g/mol.